The molecule has 6 nitrogen and oxygen atoms in total. The highest BCUT2D eigenvalue weighted by molar-refractivity contribution is 7.92. The lowest BCUT2D eigenvalue weighted by Gasteiger charge is -2.17. The molecular formula is C23H22Cl2N2O4S. The SMILES string of the molecule is Cc1ccc(O[C@@H](C)C(=O)Nc2ccc(S(=O)(=O)Nc3cccc(Cl)c3Cl)cc2)c(C)c1. The number of amides is 1. The van der Waals surface area contributed by atoms with Crippen LogP contribution >= 0.6 is 23.2 Å². The Balaban J connectivity index is 1.67. The van der Waals surface area contributed by atoms with Gasteiger partial charge in [0, 0.05) is 5.69 Å². The molecule has 1 atom stereocenters. The number of hydrogen-bond acceptors (Lipinski definition) is 4. The highest BCUT2D eigenvalue weighted by Gasteiger charge is 2.19. The minimum atomic E-state index is -3.89. The van der Waals surface area contributed by atoms with Gasteiger partial charge in [0.15, 0.2) is 6.10 Å². The van der Waals surface area contributed by atoms with Crippen molar-refractivity contribution in [1.29, 1.82) is 0 Å². The molecule has 3 aromatic carbocycles. The second kappa shape index (κ2) is 9.81. The Kier molecular flexibility index (Phi) is 7.33. The Morgan fingerprint density at radius 3 is 2.34 bits per heavy atom. The zero-order valence-corrected chi connectivity index (χ0v) is 20.0. The average Bonchev–Trinajstić information content (AvgIpc) is 2.73. The van der Waals surface area contributed by atoms with Crippen molar-refractivity contribution in [3.8, 4) is 5.75 Å². The minimum Gasteiger partial charge on any atom is -0.481 e. The molecule has 0 heterocycles. The van der Waals surface area contributed by atoms with Gasteiger partial charge >= 0.3 is 0 Å². The predicted octanol–water partition coefficient (Wildman–Crippen LogP) is 5.82. The van der Waals surface area contributed by atoms with Crippen molar-refractivity contribution in [2.75, 3.05) is 10.0 Å². The van der Waals surface area contributed by atoms with Gasteiger partial charge in [-0.1, -0.05) is 47.0 Å². The van der Waals surface area contributed by atoms with E-state index in [9.17, 15) is 13.2 Å². The number of aryl methyl sites for hydroxylation is 2. The number of carbonyl (C=O) groups is 1. The smallest absolute Gasteiger partial charge is 0.265 e. The molecule has 0 aliphatic rings. The first-order valence-electron chi connectivity index (χ1n) is 9.68. The molecule has 32 heavy (non-hydrogen) atoms. The van der Waals surface area contributed by atoms with Gasteiger partial charge in [-0.25, -0.2) is 8.42 Å². The number of ether oxygens (including phenoxy) is 1. The third kappa shape index (κ3) is 5.73. The van der Waals surface area contributed by atoms with E-state index in [2.05, 4.69) is 10.0 Å². The fourth-order valence-electron chi connectivity index (χ4n) is 2.92. The quantitative estimate of drug-likeness (QED) is 0.435. The molecule has 9 heteroatoms. The summed E-state index contributed by atoms with van der Waals surface area (Å²) in [6, 6.07) is 16.1. The number of rotatable bonds is 7. The van der Waals surface area contributed by atoms with Crippen molar-refractivity contribution < 1.29 is 17.9 Å². The maximum Gasteiger partial charge on any atom is 0.265 e. The molecule has 0 saturated carbocycles. The Morgan fingerprint density at radius 2 is 1.69 bits per heavy atom. The zero-order chi connectivity index (χ0) is 23.5. The minimum absolute atomic E-state index is 0.00567. The van der Waals surface area contributed by atoms with E-state index in [1.165, 1.54) is 30.3 Å². The van der Waals surface area contributed by atoms with Crippen LogP contribution in [0.5, 0.6) is 5.75 Å². The molecular weight excluding hydrogens is 471 g/mol. The molecule has 0 aliphatic carbocycles. The summed E-state index contributed by atoms with van der Waals surface area (Å²) < 4.78 is 33.5. The predicted molar refractivity (Wildman–Crippen MR) is 128 cm³/mol. The molecule has 168 valence electrons. The Hall–Kier alpha value is -2.74. The first-order chi connectivity index (χ1) is 15.1. The van der Waals surface area contributed by atoms with E-state index in [1.807, 2.05) is 32.0 Å². The Bertz CT molecular complexity index is 1250. The number of sulfonamides is 1. The summed E-state index contributed by atoms with van der Waals surface area (Å²) in [4.78, 5) is 12.5. The van der Waals surface area contributed by atoms with Gasteiger partial charge in [0.2, 0.25) is 0 Å². The highest BCUT2D eigenvalue weighted by Crippen LogP contribution is 2.31. The standard InChI is InChI=1S/C23H22Cl2N2O4S/c1-14-7-12-21(15(2)13-14)31-16(3)23(28)26-17-8-10-18(11-9-17)32(29,30)27-20-6-4-5-19(24)22(20)25/h4-13,16,27H,1-3H3,(H,26,28)/t16-/m0/s1. The molecule has 0 aromatic heterocycles. The van der Waals surface area contributed by atoms with Crippen molar-refractivity contribution in [2.24, 2.45) is 0 Å². The molecule has 0 fully saturated rings. The van der Waals surface area contributed by atoms with Gasteiger partial charge < -0.3 is 10.1 Å². The first-order valence-corrected chi connectivity index (χ1v) is 11.9. The fraction of sp³-hybridized carbons (Fsp3) is 0.174. The largest absolute Gasteiger partial charge is 0.481 e. The number of nitrogens with one attached hydrogen (secondary N) is 2. The Morgan fingerprint density at radius 1 is 1.00 bits per heavy atom. The molecule has 0 unspecified atom stereocenters. The monoisotopic (exact) mass is 492 g/mol. The molecule has 2 N–H and O–H groups in total. The van der Waals surface area contributed by atoms with Crippen molar-refractivity contribution in [3.63, 3.8) is 0 Å². The van der Waals surface area contributed by atoms with Crippen LogP contribution in [-0.4, -0.2) is 20.4 Å². The number of carbonyl (C=O) groups excluding carboxylic acids is 1. The van der Waals surface area contributed by atoms with Crippen LogP contribution < -0.4 is 14.8 Å². The topological polar surface area (TPSA) is 84.5 Å². The second-order valence-electron chi connectivity index (χ2n) is 7.25. The van der Waals surface area contributed by atoms with E-state index in [-0.39, 0.29) is 26.5 Å². The van der Waals surface area contributed by atoms with Crippen LogP contribution in [0.4, 0.5) is 11.4 Å². The van der Waals surface area contributed by atoms with Crippen LogP contribution in [0.1, 0.15) is 18.1 Å². The van der Waals surface area contributed by atoms with Crippen molar-refractivity contribution in [3.05, 3.63) is 81.8 Å². The average molecular weight is 493 g/mol. The number of anilines is 2. The molecule has 0 aliphatic heterocycles. The third-order valence-electron chi connectivity index (χ3n) is 4.63. The Labute approximate surface area is 197 Å². The van der Waals surface area contributed by atoms with Crippen LogP contribution in [-0.2, 0) is 14.8 Å². The van der Waals surface area contributed by atoms with Gasteiger partial charge in [-0.05, 0) is 68.8 Å². The molecule has 3 aromatic rings. The summed E-state index contributed by atoms with van der Waals surface area (Å²) in [6.07, 6.45) is -0.744. The fourth-order valence-corrected chi connectivity index (χ4v) is 4.40. The maximum absolute atomic E-state index is 12.6. The second-order valence-corrected chi connectivity index (χ2v) is 9.72. The summed E-state index contributed by atoms with van der Waals surface area (Å²) in [5.74, 6) is 0.273. The van der Waals surface area contributed by atoms with E-state index in [1.54, 1.807) is 19.1 Å². The third-order valence-corrected chi connectivity index (χ3v) is 6.83. The van der Waals surface area contributed by atoms with Crippen LogP contribution in [0.15, 0.2) is 65.6 Å². The molecule has 3 rings (SSSR count). The summed E-state index contributed by atoms with van der Waals surface area (Å²) in [7, 11) is -3.89. The van der Waals surface area contributed by atoms with Gasteiger partial charge in [-0.2, -0.15) is 0 Å². The molecule has 0 bridgehead atoms. The summed E-state index contributed by atoms with van der Waals surface area (Å²) in [6.45, 7) is 5.54. The lowest BCUT2D eigenvalue weighted by atomic mass is 10.1. The van der Waals surface area contributed by atoms with E-state index >= 15 is 0 Å². The van der Waals surface area contributed by atoms with Gasteiger partial charge in [0.05, 0.1) is 20.6 Å². The molecule has 0 radical (unpaired) electrons. The van der Waals surface area contributed by atoms with Gasteiger partial charge in [0.1, 0.15) is 5.75 Å². The van der Waals surface area contributed by atoms with Crippen LogP contribution in [0.25, 0.3) is 0 Å². The zero-order valence-electron chi connectivity index (χ0n) is 17.6. The summed E-state index contributed by atoms with van der Waals surface area (Å²) in [5, 5.41) is 3.07. The number of hydrogen-bond donors (Lipinski definition) is 2. The van der Waals surface area contributed by atoms with Crippen LogP contribution in [0, 0.1) is 13.8 Å². The van der Waals surface area contributed by atoms with Gasteiger partial charge in [-0.3, -0.25) is 9.52 Å². The van der Waals surface area contributed by atoms with Crippen LogP contribution in [0.2, 0.25) is 10.0 Å². The van der Waals surface area contributed by atoms with E-state index in [4.69, 9.17) is 27.9 Å². The molecule has 1 amide bonds. The van der Waals surface area contributed by atoms with Crippen molar-refractivity contribution in [1.82, 2.24) is 0 Å². The van der Waals surface area contributed by atoms with Crippen molar-refractivity contribution in [2.45, 2.75) is 31.8 Å². The van der Waals surface area contributed by atoms with E-state index < -0.39 is 16.1 Å². The lowest BCUT2D eigenvalue weighted by molar-refractivity contribution is -0.122. The summed E-state index contributed by atoms with van der Waals surface area (Å²) >= 11 is 12.0. The molecule has 0 spiro atoms. The molecule has 0 saturated heterocycles. The summed E-state index contributed by atoms with van der Waals surface area (Å²) in [5.41, 5.74) is 2.65. The van der Waals surface area contributed by atoms with E-state index in [0.29, 0.717) is 11.4 Å². The normalized spacial score (nSPS) is 12.2. The van der Waals surface area contributed by atoms with E-state index in [0.717, 1.165) is 11.1 Å². The van der Waals surface area contributed by atoms with Crippen molar-refractivity contribution >= 4 is 50.5 Å². The highest BCUT2D eigenvalue weighted by atomic mass is 35.5. The van der Waals surface area contributed by atoms with Gasteiger partial charge in [0.25, 0.3) is 15.9 Å². The lowest BCUT2D eigenvalue weighted by Crippen LogP contribution is -2.30. The number of benzene rings is 3. The maximum atomic E-state index is 12.6. The van der Waals surface area contributed by atoms with Gasteiger partial charge in [-0.15, -0.1) is 0 Å². The number of halogens is 2. The van der Waals surface area contributed by atoms with Crippen LogP contribution in [0.3, 0.4) is 0 Å². The first kappa shape index (κ1) is 23.9.